The molecule has 0 spiro atoms. The molecule has 0 fully saturated rings. The minimum absolute atomic E-state index is 0.173. The van der Waals surface area contributed by atoms with Crippen molar-refractivity contribution < 1.29 is 23.9 Å². The van der Waals surface area contributed by atoms with E-state index in [1.165, 1.54) is 0 Å². The first-order valence-corrected chi connectivity index (χ1v) is 8.31. The maximum Gasteiger partial charge on any atom is 0.306 e. The van der Waals surface area contributed by atoms with Crippen LogP contribution in [0.25, 0.3) is 0 Å². The number of nitrogens with one attached hydrogen (secondary N) is 2. The normalized spacial score (nSPS) is 11.3. The number of hydrogen-bond acceptors (Lipinski definition) is 5. The molecule has 1 atom stereocenters. The lowest BCUT2D eigenvalue weighted by molar-refractivity contribution is -0.148. The fourth-order valence-electron chi connectivity index (χ4n) is 2.01. The van der Waals surface area contributed by atoms with Crippen molar-refractivity contribution in [2.45, 2.75) is 39.2 Å². The smallest absolute Gasteiger partial charge is 0.306 e. The minimum Gasteiger partial charge on any atom is -0.497 e. The molecule has 0 bridgehead atoms. The summed E-state index contributed by atoms with van der Waals surface area (Å²) in [5.74, 6) is -0.480. The maximum atomic E-state index is 11.7. The Morgan fingerprint density at radius 2 is 1.84 bits per heavy atom. The van der Waals surface area contributed by atoms with Crippen molar-refractivity contribution in [3.05, 3.63) is 29.8 Å². The van der Waals surface area contributed by atoms with E-state index in [-0.39, 0.29) is 12.3 Å². The summed E-state index contributed by atoms with van der Waals surface area (Å²) >= 11 is 0. The molecule has 2 amide bonds. The topological polar surface area (TPSA) is 93.7 Å². The van der Waals surface area contributed by atoms with Crippen LogP contribution in [-0.4, -0.2) is 44.1 Å². The summed E-state index contributed by atoms with van der Waals surface area (Å²) in [6.45, 7) is 3.68. The van der Waals surface area contributed by atoms with Crippen molar-refractivity contribution >= 4 is 17.8 Å². The fraction of sp³-hybridized carbons (Fsp3) is 0.500. The summed E-state index contributed by atoms with van der Waals surface area (Å²) in [7, 11) is 1.59. The van der Waals surface area contributed by atoms with Crippen LogP contribution in [0.15, 0.2) is 24.3 Å². The number of esters is 1. The van der Waals surface area contributed by atoms with Crippen molar-refractivity contribution in [1.82, 2.24) is 10.6 Å². The third-order valence-electron chi connectivity index (χ3n) is 3.46. The van der Waals surface area contributed by atoms with Crippen molar-refractivity contribution in [2.75, 3.05) is 20.3 Å². The Balaban J connectivity index is 2.25. The van der Waals surface area contributed by atoms with E-state index in [0.717, 1.165) is 17.7 Å². The van der Waals surface area contributed by atoms with Crippen LogP contribution in [0.3, 0.4) is 0 Å². The first kappa shape index (κ1) is 20.5. The Morgan fingerprint density at radius 3 is 2.44 bits per heavy atom. The average molecular weight is 350 g/mol. The molecule has 0 aliphatic carbocycles. The number of ether oxygens (including phenoxy) is 2. The lowest BCUT2D eigenvalue weighted by Gasteiger charge is -2.13. The van der Waals surface area contributed by atoms with Gasteiger partial charge in [0.1, 0.15) is 11.8 Å². The van der Waals surface area contributed by atoms with Gasteiger partial charge in [-0.25, -0.2) is 0 Å². The molecule has 1 rings (SSSR count). The van der Waals surface area contributed by atoms with Crippen molar-refractivity contribution in [3.8, 4) is 5.75 Å². The molecule has 7 nitrogen and oxygen atoms in total. The second-order valence-corrected chi connectivity index (χ2v) is 5.59. The SMILES string of the molecule is CCCNC(=O)[C@@H](C)NC(=O)COC(=O)CCc1ccc(OC)cc1. The van der Waals surface area contributed by atoms with Crippen LogP contribution in [0.2, 0.25) is 0 Å². The van der Waals surface area contributed by atoms with Crippen LogP contribution >= 0.6 is 0 Å². The quantitative estimate of drug-likeness (QED) is 0.619. The lowest BCUT2D eigenvalue weighted by Crippen LogP contribution is -2.46. The molecule has 0 aliphatic heterocycles. The lowest BCUT2D eigenvalue weighted by atomic mass is 10.1. The van der Waals surface area contributed by atoms with Crippen LogP contribution in [0.1, 0.15) is 32.3 Å². The molecule has 0 aliphatic rings. The standard InChI is InChI=1S/C18H26N2O5/c1-4-11-19-18(23)13(2)20-16(21)12-25-17(22)10-7-14-5-8-15(24-3)9-6-14/h5-6,8-9,13H,4,7,10-12H2,1-3H3,(H,19,23)(H,20,21)/t13-/m1/s1. The molecule has 0 unspecified atom stereocenters. The average Bonchev–Trinajstić information content (AvgIpc) is 2.62. The van der Waals surface area contributed by atoms with Crippen molar-refractivity contribution in [2.24, 2.45) is 0 Å². The molecule has 7 heteroatoms. The van der Waals surface area contributed by atoms with Crippen LogP contribution in [0.4, 0.5) is 0 Å². The third-order valence-corrected chi connectivity index (χ3v) is 3.46. The zero-order valence-corrected chi connectivity index (χ0v) is 15.0. The first-order chi connectivity index (χ1) is 12.0. The Morgan fingerprint density at radius 1 is 1.16 bits per heavy atom. The van der Waals surface area contributed by atoms with E-state index in [1.54, 1.807) is 14.0 Å². The number of rotatable bonds is 10. The summed E-state index contributed by atoms with van der Waals surface area (Å²) in [5.41, 5.74) is 0.975. The van der Waals surface area contributed by atoms with Gasteiger partial charge < -0.3 is 20.1 Å². The van der Waals surface area contributed by atoms with Gasteiger partial charge in [0.05, 0.1) is 7.11 Å². The Labute approximate surface area is 148 Å². The van der Waals surface area contributed by atoms with Gasteiger partial charge in [-0.05, 0) is 37.5 Å². The summed E-state index contributed by atoms with van der Waals surface area (Å²) in [6.07, 6.45) is 1.50. The van der Waals surface area contributed by atoms with E-state index in [0.29, 0.717) is 13.0 Å². The van der Waals surface area contributed by atoms with Gasteiger partial charge in [0.2, 0.25) is 5.91 Å². The van der Waals surface area contributed by atoms with Crippen molar-refractivity contribution in [3.63, 3.8) is 0 Å². The molecule has 0 saturated heterocycles. The van der Waals surface area contributed by atoms with Crippen LogP contribution in [-0.2, 0) is 25.5 Å². The second-order valence-electron chi connectivity index (χ2n) is 5.59. The van der Waals surface area contributed by atoms with Crippen molar-refractivity contribution in [1.29, 1.82) is 0 Å². The minimum atomic E-state index is -0.669. The first-order valence-electron chi connectivity index (χ1n) is 8.31. The highest BCUT2D eigenvalue weighted by Crippen LogP contribution is 2.12. The van der Waals surface area contributed by atoms with E-state index in [2.05, 4.69) is 10.6 Å². The Bertz CT molecular complexity index is 571. The van der Waals surface area contributed by atoms with E-state index < -0.39 is 24.5 Å². The summed E-state index contributed by atoms with van der Waals surface area (Å²) in [5, 5.41) is 5.17. The molecule has 0 heterocycles. The number of carbonyl (C=O) groups is 3. The highest BCUT2D eigenvalue weighted by Gasteiger charge is 2.16. The summed E-state index contributed by atoms with van der Waals surface area (Å²) in [6, 6.07) is 6.71. The van der Waals surface area contributed by atoms with Gasteiger partial charge in [0.25, 0.3) is 5.91 Å². The zero-order chi connectivity index (χ0) is 18.7. The number of benzene rings is 1. The molecule has 0 radical (unpaired) electrons. The molecular formula is C18H26N2O5. The molecular weight excluding hydrogens is 324 g/mol. The van der Waals surface area contributed by atoms with Crippen LogP contribution in [0.5, 0.6) is 5.75 Å². The van der Waals surface area contributed by atoms with Gasteiger partial charge in [0.15, 0.2) is 6.61 Å². The van der Waals surface area contributed by atoms with E-state index >= 15 is 0 Å². The second kappa shape index (κ2) is 11.1. The molecule has 1 aromatic carbocycles. The van der Waals surface area contributed by atoms with Gasteiger partial charge >= 0.3 is 5.97 Å². The number of amides is 2. The molecule has 0 saturated carbocycles. The number of carbonyl (C=O) groups excluding carboxylic acids is 3. The number of hydrogen-bond donors (Lipinski definition) is 2. The van der Waals surface area contributed by atoms with Gasteiger partial charge in [0, 0.05) is 13.0 Å². The zero-order valence-electron chi connectivity index (χ0n) is 15.0. The summed E-state index contributed by atoms with van der Waals surface area (Å²) in [4.78, 5) is 35.0. The van der Waals surface area contributed by atoms with Gasteiger partial charge in [-0.1, -0.05) is 19.1 Å². The van der Waals surface area contributed by atoms with Gasteiger partial charge in [-0.2, -0.15) is 0 Å². The molecule has 25 heavy (non-hydrogen) atoms. The summed E-state index contributed by atoms with van der Waals surface area (Å²) < 4.78 is 9.99. The Kier molecular flexibility index (Phi) is 9.06. The highest BCUT2D eigenvalue weighted by atomic mass is 16.5. The van der Waals surface area contributed by atoms with E-state index in [4.69, 9.17) is 9.47 Å². The predicted octanol–water partition coefficient (Wildman–Crippen LogP) is 1.20. The predicted molar refractivity (Wildman–Crippen MR) is 93.2 cm³/mol. The molecule has 2 N–H and O–H groups in total. The fourth-order valence-corrected chi connectivity index (χ4v) is 2.01. The van der Waals surface area contributed by atoms with E-state index in [1.807, 2.05) is 31.2 Å². The van der Waals surface area contributed by atoms with Gasteiger partial charge in [-0.15, -0.1) is 0 Å². The maximum absolute atomic E-state index is 11.7. The van der Waals surface area contributed by atoms with E-state index in [9.17, 15) is 14.4 Å². The molecule has 0 aromatic heterocycles. The van der Waals surface area contributed by atoms with Crippen LogP contribution < -0.4 is 15.4 Å². The van der Waals surface area contributed by atoms with Crippen LogP contribution in [0, 0.1) is 0 Å². The number of methoxy groups -OCH3 is 1. The molecule has 1 aromatic rings. The molecule has 138 valence electrons. The number of aryl methyl sites for hydroxylation is 1. The Hall–Kier alpha value is -2.57. The largest absolute Gasteiger partial charge is 0.497 e. The highest BCUT2D eigenvalue weighted by molar-refractivity contribution is 5.88. The van der Waals surface area contributed by atoms with Gasteiger partial charge in [-0.3, -0.25) is 14.4 Å². The third kappa shape index (κ3) is 8.19. The monoisotopic (exact) mass is 350 g/mol.